The Morgan fingerprint density at radius 3 is 2.85 bits per heavy atom. The fourth-order valence-electron chi connectivity index (χ4n) is 2.54. The molecule has 1 atom stereocenters. The molecule has 1 aliphatic carbocycles. The van der Waals surface area contributed by atoms with E-state index in [1.165, 1.54) is 19.3 Å². The van der Waals surface area contributed by atoms with Crippen LogP contribution in [0.15, 0.2) is 24.3 Å². The van der Waals surface area contributed by atoms with Crippen LogP contribution >= 0.6 is 0 Å². The van der Waals surface area contributed by atoms with Crippen LogP contribution in [-0.4, -0.2) is 23.2 Å². The third-order valence-corrected chi connectivity index (χ3v) is 3.71. The summed E-state index contributed by atoms with van der Waals surface area (Å²) in [6.07, 6.45) is 5.27. The number of carbonyl (C=O) groups excluding carboxylic acids is 1. The third-order valence-electron chi connectivity index (χ3n) is 3.71. The molecule has 0 spiro atoms. The predicted octanol–water partition coefficient (Wildman–Crippen LogP) is 2.40. The predicted molar refractivity (Wildman–Crippen MR) is 77.5 cm³/mol. The van der Waals surface area contributed by atoms with Gasteiger partial charge >= 0.3 is 0 Å². The smallest absolute Gasteiger partial charge is 0.260 e. The van der Waals surface area contributed by atoms with Crippen molar-refractivity contribution in [2.75, 3.05) is 0 Å². The zero-order valence-corrected chi connectivity index (χ0v) is 12.0. The third kappa shape index (κ3) is 4.23. The molecule has 20 heavy (non-hydrogen) atoms. The number of aliphatic hydroxyl groups excluding tert-OH is 1. The van der Waals surface area contributed by atoms with Gasteiger partial charge in [-0.05, 0) is 37.5 Å². The minimum Gasteiger partial charge on any atom is -0.481 e. The van der Waals surface area contributed by atoms with E-state index >= 15 is 0 Å². The Labute approximate surface area is 120 Å². The van der Waals surface area contributed by atoms with Gasteiger partial charge in [0.25, 0.3) is 5.91 Å². The molecule has 1 aromatic rings. The quantitative estimate of drug-likeness (QED) is 0.869. The number of rotatable bonds is 5. The lowest BCUT2D eigenvalue weighted by Crippen LogP contribution is -2.43. The van der Waals surface area contributed by atoms with Crippen molar-refractivity contribution in [2.45, 2.75) is 57.8 Å². The molecule has 1 amide bonds. The van der Waals surface area contributed by atoms with Gasteiger partial charge in [-0.25, -0.2) is 0 Å². The van der Waals surface area contributed by atoms with Crippen molar-refractivity contribution >= 4 is 5.91 Å². The minimum absolute atomic E-state index is 0.0279. The van der Waals surface area contributed by atoms with E-state index in [1.807, 2.05) is 12.1 Å². The number of ether oxygens (including phenoxy) is 1. The minimum atomic E-state index is -0.522. The van der Waals surface area contributed by atoms with Gasteiger partial charge in [0.15, 0.2) is 6.10 Å². The molecule has 0 bridgehead atoms. The number of carbonyl (C=O) groups is 1. The highest BCUT2D eigenvalue weighted by molar-refractivity contribution is 5.81. The number of benzene rings is 1. The second-order valence-electron chi connectivity index (χ2n) is 5.41. The second kappa shape index (κ2) is 7.29. The molecule has 0 aliphatic heterocycles. The summed E-state index contributed by atoms with van der Waals surface area (Å²) in [5.41, 5.74) is 0.780. The molecule has 4 nitrogen and oxygen atoms in total. The van der Waals surface area contributed by atoms with Crippen molar-refractivity contribution < 1.29 is 14.6 Å². The van der Waals surface area contributed by atoms with Gasteiger partial charge in [-0.15, -0.1) is 0 Å². The molecule has 0 radical (unpaired) electrons. The Morgan fingerprint density at radius 2 is 2.15 bits per heavy atom. The lowest BCUT2D eigenvalue weighted by Gasteiger charge is -2.24. The summed E-state index contributed by atoms with van der Waals surface area (Å²) in [4.78, 5) is 12.1. The lowest BCUT2D eigenvalue weighted by molar-refractivity contribution is -0.128. The zero-order chi connectivity index (χ0) is 14.4. The molecule has 1 unspecified atom stereocenters. The second-order valence-corrected chi connectivity index (χ2v) is 5.41. The molecule has 0 aromatic heterocycles. The van der Waals surface area contributed by atoms with E-state index in [0.29, 0.717) is 11.8 Å². The molecule has 1 aliphatic rings. The summed E-state index contributed by atoms with van der Waals surface area (Å²) >= 11 is 0. The van der Waals surface area contributed by atoms with Gasteiger partial charge in [0.05, 0.1) is 6.61 Å². The summed E-state index contributed by atoms with van der Waals surface area (Å²) in [7, 11) is 0. The number of hydrogen-bond acceptors (Lipinski definition) is 3. The number of amides is 1. The molecular weight excluding hydrogens is 254 g/mol. The van der Waals surface area contributed by atoms with Crippen LogP contribution in [0.1, 0.15) is 44.6 Å². The molecule has 1 saturated carbocycles. The SMILES string of the molecule is CC(Oc1cccc(CO)c1)C(=O)NC1CCCCC1. The lowest BCUT2D eigenvalue weighted by atomic mass is 9.95. The molecule has 4 heteroatoms. The summed E-state index contributed by atoms with van der Waals surface area (Å²) in [6.45, 7) is 1.73. The Hall–Kier alpha value is -1.55. The standard InChI is InChI=1S/C16H23NO3/c1-12(16(19)17-14-7-3-2-4-8-14)20-15-9-5-6-13(10-15)11-18/h5-6,9-10,12,14,18H,2-4,7-8,11H2,1H3,(H,17,19). The first-order valence-electron chi connectivity index (χ1n) is 7.36. The monoisotopic (exact) mass is 277 g/mol. The largest absolute Gasteiger partial charge is 0.481 e. The first-order valence-corrected chi connectivity index (χ1v) is 7.36. The van der Waals surface area contributed by atoms with Crippen LogP contribution < -0.4 is 10.1 Å². The van der Waals surface area contributed by atoms with Gasteiger partial charge in [0.1, 0.15) is 5.75 Å². The molecule has 0 saturated heterocycles. The summed E-state index contributed by atoms with van der Waals surface area (Å²) in [5, 5.41) is 12.1. The van der Waals surface area contributed by atoms with Crippen molar-refractivity contribution in [2.24, 2.45) is 0 Å². The van der Waals surface area contributed by atoms with E-state index in [-0.39, 0.29) is 12.5 Å². The summed E-state index contributed by atoms with van der Waals surface area (Å²) in [5.74, 6) is 0.550. The molecular formula is C16H23NO3. The van der Waals surface area contributed by atoms with Gasteiger partial charge < -0.3 is 15.2 Å². The highest BCUT2D eigenvalue weighted by Crippen LogP contribution is 2.18. The fourth-order valence-corrected chi connectivity index (χ4v) is 2.54. The Kier molecular flexibility index (Phi) is 5.41. The van der Waals surface area contributed by atoms with E-state index in [1.54, 1.807) is 19.1 Å². The highest BCUT2D eigenvalue weighted by Gasteiger charge is 2.20. The van der Waals surface area contributed by atoms with Gasteiger partial charge in [0.2, 0.25) is 0 Å². The van der Waals surface area contributed by atoms with Gasteiger partial charge in [-0.3, -0.25) is 4.79 Å². The van der Waals surface area contributed by atoms with Crippen LogP contribution in [0.3, 0.4) is 0 Å². The van der Waals surface area contributed by atoms with E-state index < -0.39 is 6.10 Å². The molecule has 1 fully saturated rings. The van der Waals surface area contributed by atoms with Crippen molar-refractivity contribution in [1.82, 2.24) is 5.32 Å². The molecule has 0 heterocycles. The number of hydrogen-bond donors (Lipinski definition) is 2. The van der Waals surface area contributed by atoms with E-state index in [0.717, 1.165) is 18.4 Å². The summed E-state index contributed by atoms with van der Waals surface area (Å²) in [6, 6.07) is 7.48. The zero-order valence-electron chi connectivity index (χ0n) is 12.0. The van der Waals surface area contributed by atoms with Crippen LogP contribution in [0, 0.1) is 0 Å². The van der Waals surface area contributed by atoms with Crippen molar-refractivity contribution in [3.63, 3.8) is 0 Å². The Morgan fingerprint density at radius 1 is 1.40 bits per heavy atom. The molecule has 2 N–H and O–H groups in total. The Balaban J connectivity index is 1.86. The highest BCUT2D eigenvalue weighted by atomic mass is 16.5. The number of nitrogens with one attached hydrogen (secondary N) is 1. The van der Waals surface area contributed by atoms with Gasteiger partial charge in [-0.1, -0.05) is 31.4 Å². The van der Waals surface area contributed by atoms with Gasteiger partial charge in [0, 0.05) is 6.04 Å². The van der Waals surface area contributed by atoms with Crippen molar-refractivity contribution in [1.29, 1.82) is 0 Å². The van der Waals surface area contributed by atoms with E-state index in [2.05, 4.69) is 5.32 Å². The van der Waals surface area contributed by atoms with Crippen LogP contribution in [0.2, 0.25) is 0 Å². The Bertz CT molecular complexity index is 441. The number of aliphatic hydroxyl groups is 1. The fraction of sp³-hybridized carbons (Fsp3) is 0.562. The van der Waals surface area contributed by atoms with E-state index in [4.69, 9.17) is 9.84 Å². The van der Waals surface area contributed by atoms with Crippen molar-refractivity contribution in [3.8, 4) is 5.75 Å². The van der Waals surface area contributed by atoms with Gasteiger partial charge in [-0.2, -0.15) is 0 Å². The van der Waals surface area contributed by atoms with Crippen LogP contribution in [0.4, 0.5) is 0 Å². The summed E-state index contributed by atoms with van der Waals surface area (Å²) < 4.78 is 5.64. The topological polar surface area (TPSA) is 58.6 Å². The molecule has 110 valence electrons. The average Bonchev–Trinajstić information content (AvgIpc) is 2.48. The first-order chi connectivity index (χ1) is 9.69. The normalized spacial score (nSPS) is 17.5. The maximum Gasteiger partial charge on any atom is 0.260 e. The van der Waals surface area contributed by atoms with E-state index in [9.17, 15) is 4.79 Å². The first kappa shape index (κ1) is 14.9. The molecule has 2 rings (SSSR count). The van der Waals surface area contributed by atoms with Crippen LogP contribution in [0.5, 0.6) is 5.75 Å². The van der Waals surface area contributed by atoms with Crippen LogP contribution in [-0.2, 0) is 11.4 Å². The maximum absolute atomic E-state index is 12.1. The molecule has 1 aromatic carbocycles. The van der Waals surface area contributed by atoms with Crippen LogP contribution in [0.25, 0.3) is 0 Å². The maximum atomic E-state index is 12.1. The average molecular weight is 277 g/mol. The van der Waals surface area contributed by atoms with Crippen molar-refractivity contribution in [3.05, 3.63) is 29.8 Å².